The van der Waals surface area contributed by atoms with Crippen molar-refractivity contribution in [2.75, 3.05) is 6.54 Å². The van der Waals surface area contributed by atoms with Gasteiger partial charge in [0.2, 0.25) is 0 Å². The molecule has 0 aliphatic rings. The monoisotopic (exact) mass is 217 g/mol. The van der Waals surface area contributed by atoms with Crippen LogP contribution in [0, 0.1) is 17.7 Å². The predicted molar refractivity (Wildman–Crippen MR) is 57.3 cm³/mol. The van der Waals surface area contributed by atoms with Crippen LogP contribution in [0.15, 0.2) is 23.3 Å². The molecule has 0 saturated heterocycles. The van der Waals surface area contributed by atoms with E-state index in [2.05, 4.69) is 21.9 Å². The highest BCUT2D eigenvalue weighted by atomic mass is 19.1. The molecule has 1 aromatic carbocycles. The van der Waals surface area contributed by atoms with Crippen molar-refractivity contribution in [1.29, 1.82) is 0 Å². The van der Waals surface area contributed by atoms with E-state index in [-0.39, 0.29) is 5.56 Å². The van der Waals surface area contributed by atoms with E-state index in [0.717, 1.165) is 0 Å². The Labute approximate surface area is 91.7 Å². The smallest absolute Gasteiger partial charge is 0.152 e. The van der Waals surface area contributed by atoms with E-state index in [1.807, 2.05) is 0 Å². The standard InChI is InChI=1S/C11H8FN3O/c12-11-7-9(4-5-10(11)8-16)3-1-2-6-14-15-13/h4-5,7-8H,2,6H2. The number of benzene rings is 1. The van der Waals surface area contributed by atoms with Gasteiger partial charge in [0.1, 0.15) is 5.82 Å². The third-order valence-electron chi connectivity index (χ3n) is 1.76. The summed E-state index contributed by atoms with van der Waals surface area (Å²) in [7, 11) is 0. The highest BCUT2D eigenvalue weighted by molar-refractivity contribution is 5.75. The molecular formula is C11H8FN3O. The minimum atomic E-state index is -0.586. The number of rotatable bonds is 3. The average Bonchev–Trinajstić information content (AvgIpc) is 2.29. The molecule has 1 rings (SSSR count). The van der Waals surface area contributed by atoms with Gasteiger partial charge in [0.25, 0.3) is 0 Å². The molecular weight excluding hydrogens is 209 g/mol. The Kier molecular flexibility index (Phi) is 4.58. The number of nitrogens with zero attached hydrogens (tertiary/aromatic N) is 3. The summed E-state index contributed by atoms with van der Waals surface area (Å²) in [6.07, 6.45) is 0.870. The molecule has 0 aliphatic heterocycles. The summed E-state index contributed by atoms with van der Waals surface area (Å²) in [5, 5.41) is 3.31. The first-order valence-corrected chi connectivity index (χ1v) is 4.52. The van der Waals surface area contributed by atoms with Gasteiger partial charge in [-0.3, -0.25) is 4.79 Å². The minimum Gasteiger partial charge on any atom is -0.298 e. The van der Waals surface area contributed by atoms with Crippen LogP contribution < -0.4 is 0 Å². The summed E-state index contributed by atoms with van der Waals surface area (Å²) in [4.78, 5) is 12.9. The fourth-order valence-electron chi connectivity index (χ4n) is 1.02. The van der Waals surface area contributed by atoms with Crippen molar-refractivity contribution in [2.24, 2.45) is 5.11 Å². The number of halogens is 1. The van der Waals surface area contributed by atoms with Gasteiger partial charge in [-0.25, -0.2) is 4.39 Å². The summed E-state index contributed by atoms with van der Waals surface area (Å²) in [5.74, 6) is 4.85. The van der Waals surface area contributed by atoms with E-state index in [1.54, 1.807) is 6.07 Å². The van der Waals surface area contributed by atoms with Crippen molar-refractivity contribution in [3.8, 4) is 11.8 Å². The molecule has 1 aromatic rings. The number of carbonyl (C=O) groups excluding carboxylic acids is 1. The SMILES string of the molecule is [N-]=[N+]=NCCC#Cc1ccc(C=O)c(F)c1. The molecule has 0 unspecified atom stereocenters. The van der Waals surface area contributed by atoms with Crippen LogP contribution in [0.25, 0.3) is 10.4 Å². The Hall–Kier alpha value is -2.31. The number of aldehydes is 1. The zero-order chi connectivity index (χ0) is 11.8. The van der Waals surface area contributed by atoms with E-state index in [4.69, 9.17) is 5.53 Å². The van der Waals surface area contributed by atoms with Gasteiger partial charge in [-0.1, -0.05) is 17.0 Å². The minimum absolute atomic E-state index is 0.0135. The molecule has 0 fully saturated rings. The first-order chi connectivity index (χ1) is 7.77. The van der Waals surface area contributed by atoms with Crippen LogP contribution in [0.3, 0.4) is 0 Å². The lowest BCUT2D eigenvalue weighted by atomic mass is 10.1. The first kappa shape index (κ1) is 11.8. The molecule has 0 spiro atoms. The van der Waals surface area contributed by atoms with Gasteiger partial charge in [-0.15, -0.1) is 0 Å². The van der Waals surface area contributed by atoms with Crippen LogP contribution in [0.1, 0.15) is 22.3 Å². The summed E-state index contributed by atoms with van der Waals surface area (Å²) < 4.78 is 13.1. The molecule has 4 nitrogen and oxygen atoms in total. The largest absolute Gasteiger partial charge is 0.298 e. The first-order valence-electron chi connectivity index (χ1n) is 4.52. The molecule has 16 heavy (non-hydrogen) atoms. The second-order valence-electron chi connectivity index (χ2n) is 2.86. The van der Waals surface area contributed by atoms with Crippen molar-refractivity contribution in [2.45, 2.75) is 6.42 Å². The molecule has 0 atom stereocenters. The van der Waals surface area contributed by atoms with Crippen LogP contribution in [0.4, 0.5) is 4.39 Å². The maximum absolute atomic E-state index is 13.1. The van der Waals surface area contributed by atoms with E-state index >= 15 is 0 Å². The quantitative estimate of drug-likeness (QED) is 0.192. The van der Waals surface area contributed by atoms with Gasteiger partial charge >= 0.3 is 0 Å². The van der Waals surface area contributed by atoms with Gasteiger partial charge in [-0.05, 0) is 23.7 Å². The fraction of sp³-hybridized carbons (Fsp3) is 0.182. The third kappa shape index (κ3) is 3.45. The third-order valence-corrected chi connectivity index (χ3v) is 1.76. The normalized spacial score (nSPS) is 8.56. The van der Waals surface area contributed by atoms with Gasteiger partial charge in [0.15, 0.2) is 6.29 Å². The molecule has 0 bridgehead atoms. The molecule has 0 aromatic heterocycles. The van der Waals surface area contributed by atoms with Crippen molar-refractivity contribution in [3.63, 3.8) is 0 Å². The summed E-state index contributed by atoms with van der Waals surface area (Å²) in [6, 6.07) is 4.14. The zero-order valence-electron chi connectivity index (χ0n) is 8.35. The van der Waals surface area contributed by atoms with Crippen molar-refractivity contribution in [1.82, 2.24) is 0 Å². The summed E-state index contributed by atoms with van der Waals surface area (Å²) >= 11 is 0. The Morgan fingerprint density at radius 3 is 3.00 bits per heavy atom. The summed E-state index contributed by atoms with van der Waals surface area (Å²) in [5.41, 5.74) is 8.51. The maximum Gasteiger partial charge on any atom is 0.152 e. The van der Waals surface area contributed by atoms with Crippen LogP contribution in [0.5, 0.6) is 0 Å². The molecule has 0 heterocycles. The van der Waals surface area contributed by atoms with Gasteiger partial charge in [-0.2, -0.15) is 0 Å². The molecule has 0 aliphatic carbocycles. The van der Waals surface area contributed by atoms with Gasteiger partial charge in [0.05, 0.1) is 5.56 Å². The average molecular weight is 217 g/mol. The maximum atomic E-state index is 13.1. The predicted octanol–water partition coefficient (Wildman–Crippen LogP) is 2.69. The molecule has 0 saturated carbocycles. The molecule has 5 heteroatoms. The molecule has 0 amide bonds. The summed E-state index contributed by atoms with van der Waals surface area (Å²) in [6.45, 7) is 0.290. The van der Waals surface area contributed by atoms with Gasteiger partial charge < -0.3 is 0 Å². The second kappa shape index (κ2) is 6.23. The highest BCUT2D eigenvalue weighted by Gasteiger charge is 1.99. The number of hydrogen-bond donors (Lipinski definition) is 0. The Morgan fingerprint density at radius 1 is 1.56 bits per heavy atom. The van der Waals surface area contributed by atoms with Crippen LogP contribution in [-0.2, 0) is 0 Å². The van der Waals surface area contributed by atoms with Crippen molar-refractivity contribution < 1.29 is 9.18 Å². The lowest BCUT2D eigenvalue weighted by molar-refractivity contribution is 0.112. The van der Waals surface area contributed by atoms with E-state index in [1.165, 1.54) is 12.1 Å². The van der Waals surface area contributed by atoms with E-state index in [0.29, 0.717) is 24.8 Å². The Morgan fingerprint density at radius 2 is 2.38 bits per heavy atom. The Bertz CT molecular complexity index is 496. The molecule has 0 N–H and O–H groups in total. The van der Waals surface area contributed by atoms with Crippen LogP contribution >= 0.6 is 0 Å². The van der Waals surface area contributed by atoms with Crippen molar-refractivity contribution in [3.05, 3.63) is 45.6 Å². The zero-order valence-corrected chi connectivity index (χ0v) is 8.35. The number of azide groups is 1. The van der Waals surface area contributed by atoms with Crippen LogP contribution in [-0.4, -0.2) is 12.8 Å². The second-order valence-corrected chi connectivity index (χ2v) is 2.86. The number of carbonyl (C=O) groups is 1. The number of hydrogen-bond acceptors (Lipinski definition) is 2. The Balaban J connectivity index is 2.70. The highest BCUT2D eigenvalue weighted by Crippen LogP contribution is 2.07. The van der Waals surface area contributed by atoms with E-state index in [9.17, 15) is 9.18 Å². The lowest BCUT2D eigenvalue weighted by Gasteiger charge is -1.94. The van der Waals surface area contributed by atoms with Crippen molar-refractivity contribution >= 4 is 6.29 Å². The molecule has 80 valence electrons. The molecule has 0 radical (unpaired) electrons. The van der Waals surface area contributed by atoms with E-state index < -0.39 is 5.82 Å². The van der Waals surface area contributed by atoms with Gasteiger partial charge in [0, 0.05) is 23.4 Å². The topological polar surface area (TPSA) is 65.8 Å². The lowest BCUT2D eigenvalue weighted by Crippen LogP contribution is -1.88. The fourth-order valence-corrected chi connectivity index (χ4v) is 1.02. The van der Waals surface area contributed by atoms with Crippen LogP contribution in [0.2, 0.25) is 0 Å².